The first-order chi connectivity index (χ1) is 8.13. The van der Waals surface area contributed by atoms with E-state index in [0.29, 0.717) is 11.6 Å². The third kappa shape index (κ3) is 2.41. The molecule has 0 bridgehead atoms. The molecule has 1 aliphatic rings. The van der Waals surface area contributed by atoms with Gasteiger partial charge >= 0.3 is 0 Å². The van der Waals surface area contributed by atoms with E-state index in [2.05, 4.69) is 11.8 Å². The van der Waals surface area contributed by atoms with Crippen LogP contribution in [0.15, 0.2) is 18.2 Å². The number of rotatable bonds is 3. The standard InChI is InChI=1S/C13H17FN2S/c1-2-9-4-3-7-16(9)10-5-6-11(13(15)17)12(14)8-10/h5-6,8-9H,2-4,7H2,1H3,(H2,15,17). The summed E-state index contributed by atoms with van der Waals surface area (Å²) in [4.78, 5) is 2.38. The molecule has 92 valence electrons. The Bertz CT molecular complexity index is 433. The van der Waals surface area contributed by atoms with Crippen LogP contribution in [0.3, 0.4) is 0 Å². The Morgan fingerprint density at radius 1 is 1.59 bits per heavy atom. The van der Waals surface area contributed by atoms with Gasteiger partial charge in [-0.05, 0) is 37.5 Å². The van der Waals surface area contributed by atoms with Gasteiger partial charge in [0.1, 0.15) is 10.8 Å². The first kappa shape index (κ1) is 12.3. The average Bonchev–Trinajstić information content (AvgIpc) is 2.76. The molecule has 2 rings (SSSR count). The van der Waals surface area contributed by atoms with E-state index in [9.17, 15) is 4.39 Å². The molecule has 2 nitrogen and oxygen atoms in total. The van der Waals surface area contributed by atoms with Crippen molar-refractivity contribution in [1.82, 2.24) is 0 Å². The highest BCUT2D eigenvalue weighted by molar-refractivity contribution is 7.80. The molecule has 0 radical (unpaired) electrons. The SMILES string of the molecule is CCC1CCCN1c1ccc(C(N)=S)c(F)c1. The second-order valence-electron chi connectivity index (χ2n) is 4.43. The summed E-state index contributed by atoms with van der Waals surface area (Å²) in [6.07, 6.45) is 3.46. The molecule has 1 aromatic carbocycles. The second kappa shape index (κ2) is 5.00. The maximum atomic E-state index is 13.8. The van der Waals surface area contributed by atoms with Crippen molar-refractivity contribution in [2.24, 2.45) is 5.73 Å². The highest BCUT2D eigenvalue weighted by Gasteiger charge is 2.23. The van der Waals surface area contributed by atoms with Crippen LogP contribution in [0.2, 0.25) is 0 Å². The number of halogens is 1. The molecular weight excluding hydrogens is 235 g/mol. The van der Waals surface area contributed by atoms with Gasteiger partial charge in [-0.2, -0.15) is 0 Å². The van der Waals surface area contributed by atoms with Crippen molar-refractivity contribution in [2.75, 3.05) is 11.4 Å². The Labute approximate surface area is 107 Å². The average molecular weight is 252 g/mol. The molecule has 4 heteroatoms. The summed E-state index contributed by atoms with van der Waals surface area (Å²) in [6, 6.07) is 5.66. The van der Waals surface area contributed by atoms with Gasteiger partial charge in [-0.1, -0.05) is 19.1 Å². The van der Waals surface area contributed by atoms with Crippen molar-refractivity contribution in [3.8, 4) is 0 Å². The third-order valence-corrected chi connectivity index (χ3v) is 3.62. The van der Waals surface area contributed by atoms with Crippen molar-refractivity contribution in [3.05, 3.63) is 29.6 Å². The Morgan fingerprint density at radius 2 is 2.35 bits per heavy atom. The maximum absolute atomic E-state index is 13.8. The molecule has 0 spiro atoms. The number of thiocarbonyl (C=S) groups is 1. The van der Waals surface area contributed by atoms with E-state index in [-0.39, 0.29) is 10.8 Å². The van der Waals surface area contributed by atoms with Crippen molar-refractivity contribution < 1.29 is 4.39 Å². The van der Waals surface area contributed by atoms with Crippen LogP contribution in [-0.4, -0.2) is 17.6 Å². The van der Waals surface area contributed by atoms with E-state index >= 15 is 0 Å². The molecule has 1 aliphatic heterocycles. The lowest BCUT2D eigenvalue weighted by Crippen LogP contribution is -2.28. The molecule has 1 aromatic rings. The number of anilines is 1. The van der Waals surface area contributed by atoms with Gasteiger partial charge in [0, 0.05) is 23.8 Å². The first-order valence-electron chi connectivity index (χ1n) is 5.99. The highest BCUT2D eigenvalue weighted by Crippen LogP contribution is 2.28. The quantitative estimate of drug-likeness (QED) is 0.839. The molecule has 0 amide bonds. The Morgan fingerprint density at radius 3 is 2.94 bits per heavy atom. The predicted octanol–water partition coefficient (Wildman–Crippen LogP) is 2.84. The maximum Gasteiger partial charge on any atom is 0.135 e. The highest BCUT2D eigenvalue weighted by atomic mass is 32.1. The molecule has 1 unspecified atom stereocenters. The molecule has 1 atom stereocenters. The lowest BCUT2D eigenvalue weighted by atomic mass is 10.1. The normalized spacial score (nSPS) is 19.6. The Kier molecular flexibility index (Phi) is 3.62. The monoisotopic (exact) mass is 252 g/mol. The van der Waals surface area contributed by atoms with E-state index in [4.69, 9.17) is 18.0 Å². The van der Waals surface area contributed by atoms with Crippen LogP contribution in [-0.2, 0) is 0 Å². The number of nitrogens with two attached hydrogens (primary N) is 1. The van der Waals surface area contributed by atoms with Gasteiger partial charge < -0.3 is 10.6 Å². The summed E-state index contributed by atoms with van der Waals surface area (Å²) in [7, 11) is 0. The van der Waals surface area contributed by atoms with Crippen molar-refractivity contribution in [1.29, 1.82) is 0 Å². The largest absolute Gasteiger partial charge is 0.389 e. The number of hydrogen-bond donors (Lipinski definition) is 1. The van der Waals surface area contributed by atoms with E-state index in [1.54, 1.807) is 12.1 Å². The van der Waals surface area contributed by atoms with Crippen molar-refractivity contribution >= 4 is 22.9 Å². The summed E-state index contributed by atoms with van der Waals surface area (Å²) in [5.41, 5.74) is 6.72. The van der Waals surface area contributed by atoms with E-state index in [0.717, 1.165) is 18.7 Å². The van der Waals surface area contributed by atoms with Crippen molar-refractivity contribution in [2.45, 2.75) is 32.2 Å². The fourth-order valence-corrected chi connectivity index (χ4v) is 2.65. The fourth-order valence-electron chi connectivity index (χ4n) is 2.48. The topological polar surface area (TPSA) is 29.3 Å². The molecule has 0 saturated carbocycles. The van der Waals surface area contributed by atoms with Crippen LogP contribution in [0.25, 0.3) is 0 Å². The second-order valence-corrected chi connectivity index (χ2v) is 4.87. The van der Waals surface area contributed by atoms with Gasteiger partial charge in [0.15, 0.2) is 0 Å². The van der Waals surface area contributed by atoms with E-state index in [1.165, 1.54) is 12.8 Å². The molecule has 1 fully saturated rings. The van der Waals surface area contributed by atoms with E-state index in [1.807, 2.05) is 6.07 Å². The lowest BCUT2D eigenvalue weighted by molar-refractivity contribution is 0.618. The predicted molar refractivity (Wildman–Crippen MR) is 72.9 cm³/mol. The Balaban J connectivity index is 2.28. The van der Waals surface area contributed by atoms with Gasteiger partial charge in [-0.25, -0.2) is 4.39 Å². The summed E-state index contributed by atoms with van der Waals surface area (Å²) in [5, 5.41) is 0. The number of benzene rings is 1. The van der Waals surface area contributed by atoms with Crippen LogP contribution in [0.4, 0.5) is 10.1 Å². The zero-order chi connectivity index (χ0) is 12.4. The van der Waals surface area contributed by atoms with Crippen LogP contribution in [0, 0.1) is 5.82 Å². The molecule has 0 aliphatic carbocycles. The molecule has 1 heterocycles. The summed E-state index contributed by atoms with van der Waals surface area (Å²) in [5.74, 6) is -0.322. The van der Waals surface area contributed by atoms with Crippen LogP contribution in [0.5, 0.6) is 0 Å². The van der Waals surface area contributed by atoms with Gasteiger partial charge in [-0.3, -0.25) is 0 Å². The number of nitrogens with zero attached hydrogens (tertiary/aromatic N) is 1. The minimum Gasteiger partial charge on any atom is -0.389 e. The zero-order valence-corrected chi connectivity index (χ0v) is 10.8. The Hall–Kier alpha value is -1.16. The summed E-state index contributed by atoms with van der Waals surface area (Å²) < 4.78 is 13.8. The smallest absolute Gasteiger partial charge is 0.135 e. The van der Waals surface area contributed by atoms with E-state index < -0.39 is 0 Å². The summed E-state index contributed by atoms with van der Waals surface area (Å²) in [6.45, 7) is 3.17. The lowest BCUT2D eigenvalue weighted by Gasteiger charge is -2.26. The third-order valence-electron chi connectivity index (χ3n) is 3.40. The molecule has 1 saturated heterocycles. The molecule has 0 aromatic heterocycles. The fraction of sp³-hybridized carbons (Fsp3) is 0.462. The van der Waals surface area contributed by atoms with Gasteiger partial charge in [0.25, 0.3) is 0 Å². The minimum absolute atomic E-state index is 0.113. The summed E-state index contributed by atoms with van der Waals surface area (Å²) >= 11 is 4.80. The molecule has 2 N–H and O–H groups in total. The van der Waals surface area contributed by atoms with Gasteiger partial charge in [0.2, 0.25) is 0 Å². The van der Waals surface area contributed by atoms with Gasteiger partial charge in [0.05, 0.1) is 0 Å². The van der Waals surface area contributed by atoms with Gasteiger partial charge in [-0.15, -0.1) is 0 Å². The zero-order valence-electron chi connectivity index (χ0n) is 9.95. The minimum atomic E-state index is -0.322. The number of hydrogen-bond acceptors (Lipinski definition) is 2. The molecular formula is C13H17FN2S. The molecule has 17 heavy (non-hydrogen) atoms. The first-order valence-corrected chi connectivity index (χ1v) is 6.40. The van der Waals surface area contributed by atoms with Crippen molar-refractivity contribution in [3.63, 3.8) is 0 Å². The van der Waals surface area contributed by atoms with Crippen LogP contribution in [0.1, 0.15) is 31.7 Å². The van der Waals surface area contributed by atoms with Crippen LogP contribution < -0.4 is 10.6 Å². The van der Waals surface area contributed by atoms with Crippen LogP contribution >= 0.6 is 12.2 Å².